The van der Waals surface area contributed by atoms with Crippen LogP contribution in [0.1, 0.15) is 18.7 Å². The molecule has 0 unspecified atom stereocenters. The van der Waals surface area contributed by atoms with Gasteiger partial charge in [0, 0.05) is 32.1 Å². The third-order valence-electron chi connectivity index (χ3n) is 3.97. The van der Waals surface area contributed by atoms with Crippen LogP contribution in [0.15, 0.2) is 12.1 Å². The summed E-state index contributed by atoms with van der Waals surface area (Å²) in [4.78, 5) is 4.67. The third kappa shape index (κ3) is 3.31. The fourth-order valence-corrected chi connectivity index (χ4v) is 3.32. The van der Waals surface area contributed by atoms with Crippen LogP contribution in [-0.4, -0.2) is 28.6 Å². The molecule has 0 aliphatic carbocycles. The minimum absolute atomic E-state index is 0.539. The van der Waals surface area contributed by atoms with Crippen molar-refractivity contribution in [1.29, 1.82) is 0 Å². The Morgan fingerprint density at radius 1 is 1.19 bits per heavy atom. The van der Waals surface area contributed by atoms with Crippen molar-refractivity contribution in [2.45, 2.75) is 25.8 Å². The molecule has 1 fully saturated rings. The number of rotatable bonds is 4. The zero-order valence-corrected chi connectivity index (χ0v) is 13.9. The normalized spacial score (nSPS) is 16.7. The van der Waals surface area contributed by atoms with Gasteiger partial charge in [0.05, 0.1) is 21.1 Å². The molecule has 6 heteroatoms. The van der Waals surface area contributed by atoms with Gasteiger partial charge in [-0.3, -0.25) is 0 Å². The standard InChI is InChI=1S/C15H17Cl3N2O/c16-4-1-15-19-13-7-11(17)12(18)8-14(13)20(15)9-10-2-5-21-6-3-10/h7-8,10H,1-6,9H2. The van der Waals surface area contributed by atoms with Crippen molar-refractivity contribution in [2.24, 2.45) is 5.92 Å². The minimum atomic E-state index is 0.539. The topological polar surface area (TPSA) is 27.1 Å². The van der Waals surface area contributed by atoms with Gasteiger partial charge in [-0.2, -0.15) is 0 Å². The number of imidazole rings is 1. The Hall–Kier alpha value is -0.480. The zero-order chi connectivity index (χ0) is 14.8. The molecule has 3 rings (SSSR count). The number of alkyl halides is 1. The average molecular weight is 348 g/mol. The van der Waals surface area contributed by atoms with Crippen molar-refractivity contribution in [3.8, 4) is 0 Å². The summed E-state index contributed by atoms with van der Waals surface area (Å²) < 4.78 is 7.68. The molecule has 3 nitrogen and oxygen atoms in total. The molecule has 114 valence electrons. The van der Waals surface area contributed by atoms with Crippen LogP contribution in [0, 0.1) is 5.92 Å². The fraction of sp³-hybridized carbons (Fsp3) is 0.533. The summed E-state index contributed by atoms with van der Waals surface area (Å²) in [6.45, 7) is 2.62. The Morgan fingerprint density at radius 3 is 2.62 bits per heavy atom. The smallest absolute Gasteiger partial charge is 0.111 e. The Kier molecular flexibility index (Phi) is 4.95. The molecule has 0 atom stereocenters. The fourth-order valence-electron chi connectivity index (χ4n) is 2.84. The maximum absolute atomic E-state index is 6.17. The van der Waals surface area contributed by atoms with E-state index in [4.69, 9.17) is 39.5 Å². The van der Waals surface area contributed by atoms with E-state index < -0.39 is 0 Å². The highest BCUT2D eigenvalue weighted by Gasteiger charge is 2.19. The van der Waals surface area contributed by atoms with Gasteiger partial charge in [0.25, 0.3) is 0 Å². The molecule has 0 spiro atoms. The van der Waals surface area contributed by atoms with Gasteiger partial charge in [0.2, 0.25) is 0 Å². The maximum Gasteiger partial charge on any atom is 0.111 e. The summed E-state index contributed by atoms with van der Waals surface area (Å²) in [5, 5.41) is 1.10. The van der Waals surface area contributed by atoms with Gasteiger partial charge < -0.3 is 9.30 Å². The summed E-state index contributed by atoms with van der Waals surface area (Å²) in [5.74, 6) is 2.17. The van der Waals surface area contributed by atoms with E-state index in [1.807, 2.05) is 12.1 Å². The first-order valence-corrected chi connectivity index (χ1v) is 8.46. The molecule has 0 saturated carbocycles. The van der Waals surface area contributed by atoms with Crippen LogP contribution in [0.5, 0.6) is 0 Å². The molecule has 0 N–H and O–H groups in total. The Labute approximate surface area is 139 Å². The van der Waals surface area contributed by atoms with Crippen molar-refractivity contribution >= 4 is 45.8 Å². The van der Waals surface area contributed by atoms with E-state index >= 15 is 0 Å². The summed E-state index contributed by atoms with van der Waals surface area (Å²) >= 11 is 18.2. The van der Waals surface area contributed by atoms with Gasteiger partial charge in [-0.15, -0.1) is 11.6 Å². The van der Waals surface area contributed by atoms with Crippen molar-refractivity contribution in [3.63, 3.8) is 0 Å². The number of fused-ring (bicyclic) bond motifs is 1. The predicted molar refractivity (Wildman–Crippen MR) is 87.7 cm³/mol. The molecular weight excluding hydrogens is 331 g/mol. The Bertz CT molecular complexity index is 635. The van der Waals surface area contributed by atoms with Crippen LogP contribution in [0.4, 0.5) is 0 Å². The largest absolute Gasteiger partial charge is 0.381 e. The number of nitrogens with zero attached hydrogens (tertiary/aromatic N) is 2. The number of aryl methyl sites for hydroxylation is 1. The number of ether oxygens (including phenoxy) is 1. The number of benzene rings is 1. The number of hydrogen-bond acceptors (Lipinski definition) is 2. The zero-order valence-electron chi connectivity index (χ0n) is 11.6. The maximum atomic E-state index is 6.17. The van der Waals surface area contributed by atoms with Crippen LogP contribution in [0.3, 0.4) is 0 Å². The third-order valence-corrected chi connectivity index (χ3v) is 4.88. The quantitative estimate of drug-likeness (QED) is 0.759. The second-order valence-electron chi connectivity index (χ2n) is 5.39. The molecule has 0 radical (unpaired) electrons. The first-order valence-electron chi connectivity index (χ1n) is 7.17. The monoisotopic (exact) mass is 346 g/mol. The van der Waals surface area contributed by atoms with Gasteiger partial charge in [-0.1, -0.05) is 23.2 Å². The van der Waals surface area contributed by atoms with Crippen LogP contribution in [-0.2, 0) is 17.7 Å². The molecule has 1 aliphatic rings. The number of hydrogen-bond donors (Lipinski definition) is 0. The molecule has 21 heavy (non-hydrogen) atoms. The second-order valence-corrected chi connectivity index (χ2v) is 6.58. The summed E-state index contributed by atoms with van der Waals surface area (Å²) in [6, 6.07) is 3.74. The molecule has 0 bridgehead atoms. The highest BCUT2D eigenvalue weighted by molar-refractivity contribution is 6.42. The van der Waals surface area contributed by atoms with E-state index in [2.05, 4.69) is 9.55 Å². The first kappa shape index (κ1) is 15.4. The van der Waals surface area contributed by atoms with Crippen LogP contribution in [0.25, 0.3) is 11.0 Å². The van der Waals surface area contributed by atoms with E-state index in [1.54, 1.807) is 0 Å². The molecule has 1 aromatic heterocycles. The lowest BCUT2D eigenvalue weighted by atomic mass is 10.0. The number of aromatic nitrogens is 2. The van der Waals surface area contributed by atoms with E-state index in [9.17, 15) is 0 Å². The highest BCUT2D eigenvalue weighted by atomic mass is 35.5. The van der Waals surface area contributed by atoms with Gasteiger partial charge in [-0.25, -0.2) is 4.98 Å². The highest BCUT2D eigenvalue weighted by Crippen LogP contribution is 2.30. The Morgan fingerprint density at radius 2 is 1.90 bits per heavy atom. The first-order chi connectivity index (χ1) is 10.2. The lowest BCUT2D eigenvalue weighted by Gasteiger charge is -2.23. The van der Waals surface area contributed by atoms with Gasteiger partial charge >= 0.3 is 0 Å². The molecule has 0 amide bonds. The molecule has 1 saturated heterocycles. The van der Waals surface area contributed by atoms with Gasteiger partial charge in [0.15, 0.2) is 0 Å². The molecule has 2 aromatic rings. The SMILES string of the molecule is ClCCc1nc2cc(Cl)c(Cl)cc2n1CC1CCOCC1. The molecular formula is C15H17Cl3N2O. The van der Waals surface area contributed by atoms with Gasteiger partial charge in [-0.05, 0) is 30.9 Å². The van der Waals surface area contributed by atoms with Crippen molar-refractivity contribution in [1.82, 2.24) is 9.55 Å². The minimum Gasteiger partial charge on any atom is -0.381 e. The van der Waals surface area contributed by atoms with E-state index in [0.717, 1.165) is 55.9 Å². The van der Waals surface area contributed by atoms with Gasteiger partial charge in [0.1, 0.15) is 5.82 Å². The van der Waals surface area contributed by atoms with Crippen molar-refractivity contribution in [2.75, 3.05) is 19.1 Å². The predicted octanol–water partition coefficient (Wildman–Crippen LogP) is 4.55. The molecule has 1 aliphatic heterocycles. The molecule has 1 aromatic carbocycles. The Balaban J connectivity index is 2.00. The summed E-state index contributed by atoms with van der Waals surface area (Å²) in [5.41, 5.74) is 1.92. The lowest BCUT2D eigenvalue weighted by Crippen LogP contribution is -2.21. The van der Waals surface area contributed by atoms with E-state index in [0.29, 0.717) is 21.8 Å². The van der Waals surface area contributed by atoms with Crippen molar-refractivity contribution < 1.29 is 4.74 Å². The van der Waals surface area contributed by atoms with Crippen LogP contribution < -0.4 is 0 Å². The van der Waals surface area contributed by atoms with E-state index in [1.165, 1.54) is 0 Å². The number of halogens is 3. The summed E-state index contributed by atoms with van der Waals surface area (Å²) in [6.07, 6.45) is 2.91. The van der Waals surface area contributed by atoms with E-state index in [-0.39, 0.29) is 0 Å². The van der Waals surface area contributed by atoms with Crippen LogP contribution >= 0.6 is 34.8 Å². The second kappa shape index (κ2) is 6.74. The molecule has 2 heterocycles. The van der Waals surface area contributed by atoms with Crippen LogP contribution in [0.2, 0.25) is 10.0 Å². The lowest BCUT2D eigenvalue weighted by molar-refractivity contribution is 0.0613. The average Bonchev–Trinajstić information content (AvgIpc) is 2.79. The van der Waals surface area contributed by atoms with Crippen molar-refractivity contribution in [3.05, 3.63) is 28.0 Å². The summed E-state index contributed by atoms with van der Waals surface area (Å²) in [7, 11) is 0.